The molecule has 132 valence electrons. The fourth-order valence-corrected chi connectivity index (χ4v) is 2.04. The second-order valence-electron chi connectivity index (χ2n) is 5.15. The molecule has 0 saturated carbocycles. The third kappa shape index (κ3) is 5.76. The lowest BCUT2D eigenvalue weighted by Crippen LogP contribution is -2.32. The Bertz CT molecular complexity index is 709. The Kier molecular flexibility index (Phi) is 6.70. The number of likely N-dealkylation sites (N-methyl/N-ethyl adjacent to an activating group) is 1. The van der Waals surface area contributed by atoms with Crippen LogP contribution in [0.15, 0.2) is 42.7 Å². The van der Waals surface area contributed by atoms with E-state index in [9.17, 15) is 9.59 Å². The molecular weight excluding hydrogens is 324 g/mol. The van der Waals surface area contributed by atoms with Gasteiger partial charge in [-0.2, -0.15) is 0 Å². The number of hydrogen-bond donors (Lipinski definition) is 1. The summed E-state index contributed by atoms with van der Waals surface area (Å²) in [5.41, 5.74) is 0.839. The van der Waals surface area contributed by atoms with Crippen LogP contribution in [0, 0.1) is 0 Å². The second kappa shape index (κ2) is 9.21. The van der Waals surface area contributed by atoms with Gasteiger partial charge in [-0.3, -0.25) is 9.59 Å². The number of nitrogens with one attached hydrogen (secondary N) is 1. The van der Waals surface area contributed by atoms with Crippen LogP contribution in [0.4, 0.5) is 5.95 Å². The summed E-state index contributed by atoms with van der Waals surface area (Å²) in [6, 6.07) is 9.04. The maximum Gasteiger partial charge on any atom is 0.326 e. The van der Waals surface area contributed by atoms with Gasteiger partial charge in [0, 0.05) is 31.5 Å². The lowest BCUT2D eigenvalue weighted by Gasteiger charge is -2.15. The van der Waals surface area contributed by atoms with E-state index >= 15 is 0 Å². The highest BCUT2D eigenvalue weighted by atomic mass is 16.5. The number of aromatic nitrogens is 2. The zero-order valence-electron chi connectivity index (χ0n) is 14.1. The van der Waals surface area contributed by atoms with Crippen molar-refractivity contribution in [2.24, 2.45) is 0 Å². The third-order valence-electron chi connectivity index (χ3n) is 3.29. The van der Waals surface area contributed by atoms with Crippen LogP contribution in [-0.2, 0) is 20.9 Å². The molecule has 1 aromatic heterocycles. The number of ether oxygens (including phenoxy) is 2. The molecule has 2 aromatic rings. The molecule has 2 rings (SSSR count). The molecule has 0 bridgehead atoms. The second-order valence-corrected chi connectivity index (χ2v) is 5.15. The first-order valence-electron chi connectivity index (χ1n) is 7.62. The Morgan fingerprint density at radius 1 is 1.16 bits per heavy atom. The number of hydrogen-bond acceptors (Lipinski definition) is 7. The van der Waals surface area contributed by atoms with Gasteiger partial charge in [-0.1, -0.05) is 18.2 Å². The van der Waals surface area contributed by atoms with Gasteiger partial charge in [-0.05, 0) is 12.1 Å². The van der Waals surface area contributed by atoms with Gasteiger partial charge < -0.3 is 19.7 Å². The van der Waals surface area contributed by atoms with Crippen molar-refractivity contribution in [1.29, 1.82) is 0 Å². The number of methoxy groups -OCH3 is 1. The molecule has 25 heavy (non-hydrogen) atoms. The van der Waals surface area contributed by atoms with Crippen molar-refractivity contribution in [3.63, 3.8) is 0 Å². The molecule has 0 aliphatic carbocycles. The lowest BCUT2D eigenvalue weighted by atomic mass is 10.2. The number of benzene rings is 1. The summed E-state index contributed by atoms with van der Waals surface area (Å²) >= 11 is 0. The van der Waals surface area contributed by atoms with Crippen LogP contribution >= 0.6 is 0 Å². The Hall–Kier alpha value is -3.16. The third-order valence-corrected chi connectivity index (χ3v) is 3.29. The summed E-state index contributed by atoms with van der Waals surface area (Å²) in [4.78, 5) is 33.2. The highest BCUT2D eigenvalue weighted by Crippen LogP contribution is 2.16. The Labute approximate surface area is 145 Å². The molecule has 0 saturated heterocycles. The van der Waals surface area contributed by atoms with E-state index in [1.165, 1.54) is 4.90 Å². The zero-order chi connectivity index (χ0) is 18.1. The van der Waals surface area contributed by atoms with E-state index < -0.39 is 11.9 Å². The largest absolute Gasteiger partial charge is 0.496 e. The van der Waals surface area contributed by atoms with E-state index in [-0.39, 0.29) is 19.7 Å². The van der Waals surface area contributed by atoms with Crippen molar-refractivity contribution in [3.05, 3.63) is 48.3 Å². The fourth-order valence-electron chi connectivity index (χ4n) is 2.04. The number of anilines is 1. The SMILES string of the molecule is COc1ccccc1CNC(=O)COC(=O)CN(C)c1ncccn1. The number of amides is 1. The van der Waals surface area contributed by atoms with Crippen molar-refractivity contribution >= 4 is 17.8 Å². The van der Waals surface area contributed by atoms with E-state index in [0.717, 1.165) is 5.56 Å². The van der Waals surface area contributed by atoms with Crippen LogP contribution in [0.5, 0.6) is 5.75 Å². The first kappa shape index (κ1) is 18.2. The molecule has 0 aliphatic heterocycles. The molecule has 0 spiro atoms. The average molecular weight is 344 g/mol. The molecular formula is C17H20N4O4. The van der Waals surface area contributed by atoms with Crippen molar-refractivity contribution < 1.29 is 19.1 Å². The molecule has 8 heteroatoms. The highest BCUT2D eigenvalue weighted by Gasteiger charge is 2.12. The van der Waals surface area contributed by atoms with E-state index in [1.807, 2.05) is 24.3 Å². The number of carbonyl (C=O) groups excluding carboxylic acids is 2. The predicted molar refractivity (Wildman–Crippen MR) is 91.1 cm³/mol. The normalized spacial score (nSPS) is 10.0. The summed E-state index contributed by atoms with van der Waals surface area (Å²) in [6.45, 7) is -0.112. The number of esters is 1. The van der Waals surface area contributed by atoms with Gasteiger partial charge in [-0.25, -0.2) is 9.97 Å². The first-order chi connectivity index (χ1) is 12.1. The Morgan fingerprint density at radius 2 is 1.88 bits per heavy atom. The van der Waals surface area contributed by atoms with Gasteiger partial charge in [0.05, 0.1) is 7.11 Å². The topological polar surface area (TPSA) is 93.6 Å². The van der Waals surface area contributed by atoms with Gasteiger partial charge in [0.25, 0.3) is 5.91 Å². The minimum atomic E-state index is -0.539. The summed E-state index contributed by atoms with van der Waals surface area (Å²) in [5, 5.41) is 2.68. The molecule has 1 aromatic carbocycles. The number of para-hydroxylation sites is 1. The van der Waals surface area contributed by atoms with Crippen LogP contribution in [0.3, 0.4) is 0 Å². The van der Waals surface area contributed by atoms with E-state index in [2.05, 4.69) is 15.3 Å². The van der Waals surface area contributed by atoms with Crippen LogP contribution in [0.2, 0.25) is 0 Å². The van der Waals surface area contributed by atoms with Crippen LogP contribution in [0.25, 0.3) is 0 Å². The zero-order valence-corrected chi connectivity index (χ0v) is 14.1. The molecule has 8 nitrogen and oxygen atoms in total. The lowest BCUT2D eigenvalue weighted by molar-refractivity contribution is -0.147. The van der Waals surface area contributed by atoms with E-state index in [4.69, 9.17) is 9.47 Å². The quantitative estimate of drug-likeness (QED) is 0.707. The summed E-state index contributed by atoms with van der Waals surface area (Å²) in [5.74, 6) is 0.157. The van der Waals surface area contributed by atoms with Gasteiger partial charge in [-0.15, -0.1) is 0 Å². The van der Waals surface area contributed by atoms with Crippen LogP contribution in [0.1, 0.15) is 5.56 Å². The standard InChI is InChI=1S/C17H20N4O4/c1-21(17-18-8-5-9-19-17)11-16(23)25-12-15(22)20-10-13-6-3-4-7-14(13)24-2/h3-9H,10-12H2,1-2H3,(H,20,22). The molecule has 0 aliphatic rings. The van der Waals surface area contributed by atoms with Gasteiger partial charge in [0.15, 0.2) is 6.61 Å². The van der Waals surface area contributed by atoms with Gasteiger partial charge >= 0.3 is 5.97 Å². The monoisotopic (exact) mass is 344 g/mol. The fraction of sp³-hybridized carbons (Fsp3) is 0.294. The number of rotatable bonds is 8. The van der Waals surface area contributed by atoms with Gasteiger partial charge in [0.1, 0.15) is 12.3 Å². The van der Waals surface area contributed by atoms with Crippen LogP contribution < -0.4 is 15.0 Å². The Morgan fingerprint density at radius 3 is 2.60 bits per heavy atom. The molecule has 1 amide bonds. The van der Waals surface area contributed by atoms with Crippen molar-refractivity contribution in [2.45, 2.75) is 6.54 Å². The Balaban J connectivity index is 1.73. The maximum atomic E-state index is 11.8. The molecule has 1 N–H and O–H groups in total. The minimum Gasteiger partial charge on any atom is -0.496 e. The van der Waals surface area contributed by atoms with Crippen molar-refractivity contribution in [3.8, 4) is 5.75 Å². The number of nitrogens with zero attached hydrogens (tertiary/aromatic N) is 3. The number of carbonyl (C=O) groups is 2. The van der Waals surface area contributed by atoms with E-state index in [1.54, 1.807) is 32.6 Å². The first-order valence-corrected chi connectivity index (χ1v) is 7.62. The highest BCUT2D eigenvalue weighted by molar-refractivity contribution is 5.82. The maximum absolute atomic E-state index is 11.8. The molecule has 0 fully saturated rings. The smallest absolute Gasteiger partial charge is 0.326 e. The summed E-state index contributed by atoms with van der Waals surface area (Å²) in [7, 11) is 3.23. The molecule has 0 unspecified atom stereocenters. The van der Waals surface area contributed by atoms with Crippen molar-refractivity contribution in [2.75, 3.05) is 32.2 Å². The molecule has 0 atom stereocenters. The summed E-state index contributed by atoms with van der Waals surface area (Å²) < 4.78 is 10.2. The molecule has 0 radical (unpaired) electrons. The van der Waals surface area contributed by atoms with E-state index in [0.29, 0.717) is 11.7 Å². The average Bonchev–Trinajstić information content (AvgIpc) is 2.65. The summed E-state index contributed by atoms with van der Waals surface area (Å²) in [6.07, 6.45) is 3.16. The minimum absolute atomic E-state index is 0.0518. The van der Waals surface area contributed by atoms with Crippen LogP contribution in [-0.4, -0.2) is 49.2 Å². The van der Waals surface area contributed by atoms with Crippen molar-refractivity contribution in [1.82, 2.24) is 15.3 Å². The predicted octanol–water partition coefficient (Wildman–Crippen LogP) is 0.781. The molecule has 1 heterocycles. The van der Waals surface area contributed by atoms with Gasteiger partial charge in [0.2, 0.25) is 5.95 Å².